The number of hydrogen-bond acceptors (Lipinski definition) is 4. The highest BCUT2D eigenvalue weighted by Crippen LogP contribution is 2.18. The van der Waals surface area contributed by atoms with Gasteiger partial charge in [-0.25, -0.2) is 0 Å². The van der Waals surface area contributed by atoms with Crippen molar-refractivity contribution in [2.75, 3.05) is 6.61 Å². The van der Waals surface area contributed by atoms with Gasteiger partial charge in [0.2, 0.25) is 0 Å². The molecule has 2 aromatic heterocycles. The Morgan fingerprint density at radius 1 is 1.17 bits per heavy atom. The number of hydrogen-bond donors (Lipinski definition) is 1. The molecule has 6 heteroatoms. The minimum Gasteiger partial charge on any atom is -0.484 e. The van der Waals surface area contributed by atoms with Gasteiger partial charge in [-0.2, -0.15) is 5.10 Å². The summed E-state index contributed by atoms with van der Waals surface area (Å²) in [4.78, 5) is 16.1. The van der Waals surface area contributed by atoms with Crippen molar-refractivity contribution in [3.63, 3.8) is 0 Å². The van der Waals surface area contributed by atoms with Crippen LogP contribution >= 0.6 is 0 Å². The van der Waals surface area contributed by atoms with Crippen LogP contribution in [0, 0.1) is 0 Å². The zero-order chi connectivity index (χ0) is 16.8. The summed E-state index contributed by atoms with van der Waals surface area (Å²) in [6, 6.07) is 11.2. The molecule has 1 N–H and O–H groups in total. The lowest BCUT2D eigenvalue weighted by Gasteiger charge is -2.08. The minimum absolute atomic E-state index is 0.0141. The third-order valence-corrected chi connectivity index (χ3v) is 3.44. The second-order valence-corrected chi connectivity index (χ2v) is 5.36. The first-order valence-electron chi connectivity index (χ1n) is 7.58. The second-order valence-electron chi connectivity index (χ2n) is 5.36. The predicted molar refractivity (Wildman–Crippen MR) is 90.2 cm³/mol. The summed E-state index contributed by atoms with van der Waals surface area (Å²) in [5, 5.41) is 6.98. The number of aromatic nitrogens is 3. The Labute approximate surface area is 140 Å². The van der Waals surface area contributed by atoms with Crippen molar-refractivity contribution in [1.29, 1.82) is 0 Å². The molecule has 6 nitrogen and oxygen atoms in total. The Hall–Kier alpha value is -3.15. The average Bonchev–Trinajstić information content (AvgIpc) is 3.06. The zero-order valence-corrected chi connectivity index (χ0v) is 13.3. The molecule has 0 unspecified atom stereocenters. The van der Waals surface area contributed by atoms with E-state index in [1.165, 1.54) is 0 Å². The normalized spacial score (nSPS) is 10.4. The number of pyridine rings is 1. The maximum absolute atomic E-state index is 11.9. The van der Waals surface area contributed by atoms with Crippen LogP contribution in [0.15, 0.2) is 61.2 Å². The van der Waals surface area contributed by atoms with E-state index in [4.69, 9.17) is 4.74 Å². The monoisotopic (exact) mass is 322 g/mol. The zero-order valence-electron chi connectivity index (χ0n) is 13.3. The molecule has 0 saturated heterocycles. The molecule has 1 aromatic carbocycles. The van der Waals surface area contributed by atoms with Crippen molar-refractivity contribution < 1.29 is 9.53 Å². The van der Waals surface area contributed by atoms with E-state index in [9.17, 15) is 4.79 Å². The van der Waals surface area contributed by atoms with E-state index in [2.05, 4.69) is 15.4 Å². The van der Waals surface area contributed by atoms with E-state index in [-0.39, 0.29) is 12.5 Å². The Morgan fingerprint density at radius 2 is 2.00 bits per heavy atom. The first kappa shape index (κ1) is 15.7. The summed E-state index contributed by atoms with van der Waals surface area (Å²) in [5.41, 5.74) is 2.88. The number of para-hydroxylation sites is 1. The number of benzene rings is 1. The van der Waals surface area contributed by atoms with Crippen LogP contribution in [0.5, 0.6) is 5.75 Å². The highest BCUT2D eigenvalue weighted by molar-refractivity contribution is 5.77. The number of rotatable bonds is 6. The molecule has 3 rings (SSSR count). The van der Waals surface area contributed by atoms with Crippen molar-refractivity contribution in [2.45, 2.75) is 6.54 Å². The quantitative estimate of drug-likeness (QED) is 0.755. The lowest BCUT2D eigenvalue weighted by molar-refractivity contribution is -0.123. The topological polar surface area (TPSA) is 69.0 Å². The average molecular weight is 322 g/mol. The van der Waals surface area contributed by atoms with Crippen LogP contribution in [-0.4, -0.2) is 27.3 Å². The van der Waals surface area contributed by atoms with Gasteiger partial charge in [0, 0.05) is 43.3 Å². The molecule has 3 aromatic rings. The van der Waals surface area contributed by atoms with Gasteiger partial charge in [0.25, 0.3) is 5.91 Å². The van der Waals surface area contributed by atoms with Crippen LogP contribution in [0.3, 0.4) is 0 Å². The number of nitrogens with zero attached hydrogens (tertiary/aromatic N) is 3. The number of carbonyl (C=O) groups is 1. The molecule has 0 bridgehead atoms. The van der Waals surface area contributed by atoms with Crippen molar-refractivity contribution in [2.24, 2.45) is 7.05 Å². The van der Waals surface area contributed by atoms with Crippen LogP contribution in [0.1, 0.15) is 5.56 Å². The fraction of sp³-hybridized carbons (Fsp3) is 0.167. The molecule has 0 aliphatic heterocycles. The van der Waals surface area contributed by atoms with Gasteiger partial charge in [0.1, 0.15) is 5.75 Å². The predicted octanol–water partition coefficient (Wildman–Crippen LogP) is 2.18. The molecule has 0 aliphatic carbocycles. The molecule has 0 radical (unpaired) electrons. The summed E-state index contributed by atoms with van der Waals surface area (Å²) in [6.07, 6.45) is 7.22. The molecule has 24 heavy (non-hydrogen) atoms. The fourth-order valence-corrected chi connectivity index (χ4v) is 2.23. The van der Waals surface area contributed by atoms with Crippen molar-refractivity contribution in [3.8, 4) is 16.9 Å². The van der Waals surface area contributed by atoms with Gasteiger partial charge in [0.05, 0.1) is 6.20 Å². The number of carbonyl (C=O) groups excluding carboxylic acids is 1. The van der Waals surface area contributed by atoms with Gasteiger partial charge in [0.15, 0.2) is 6.61 Å². The molecule has 1 amide bonds. The second kappa shape index (κ2) is 7.41. The first-order chi connectivity index (χ1) is 11.7. The smallest absolute Gasteiger partial charge is 0.258 e. The molecule has 0 aliphatic rings. The lowest BCUT2D eigenvalue weighted by atomic mass is 10.1. The Balaban J connectivity index is 1.54. The van der Waals surface area contributed by atoms with Gasteiger partial charge in [-0.05, 0) is 23.8 Å². The summed E-state index contributed by atoms with van der Waals surface area (Å²) in [7, 11) is 1.87. The van der Waals surface area contributed by atoms with Gasteiger partial charge in [-0.3, -0.25) is 14.5 Å². The Kier molecular flexibility index (Phi) is 4.86. The summed E-state index contributed by atoms with van der Waals surface area (Å²) >= 11 is 0. The molecule has 0 spiro atoms. The molecule has 0 saturated carbocycles. The highest BCUT2D eigenvalue weighted by atomic mass is 16.5. The van der Waals surface area contributed by atoms with E-state index >= 15 is 0 Å². The van der Waals surface area contributed by atoms with Crippen LogP contribution in [0.2, 0.25) is 0 Å². The summed E-state index contributed by atoms with van der Waals surface area (Å²) in [6.45, 7) is 0.387. The molecular formula is C18H18N4O2. The third-order valence-electron chi connectivity index (χ3n) is 3.44. The van der Waals surface area contributed by atoms with Gasteiger partial charge in [-0.15, -0.1) is 0 Å². The van der Waals surface area contributed by atoms with Crippen LogP contribution < -0.4 is 10.1 Å². The van der Waals surface area contributed by atoms with Crippen molar-refractivity contribution in [3.05, 3.63) is 66.7 Å². The van der Waals surface area contributed by atoms with Crippen LogP contribution in [0.4, 0.5) is 0 Å². The van der Waals surface area contributed by atoms with Crippen LogP contribution in [0.25, 0.3) is 11.1 Å². The van der Waals surface area contributed by atoms with Crippen LogP contribution in [-0.2, 0) is 18.4 Å². The number of aryl methyl sites for hydroxylation is 1. The number of nitrogens with one attached hydrogen (secondary N) is 1. The van der Waals surface area contributed by atoms with E-state index in [0.29, 0.717) is 12.3 Å². The third kappa shape index (κ3) is 4.19. The van der Waals surface area contributed by atoms with E-state index in [1.807, 2.05) is 49.6 Å². The summed E-state index contributed by atoms with van der Waals surface area (Å²) < 4.78 is 7.15. The Morgan fingerprint density at radius 3 is 2.75 bits per heavy atom. The molecule has 122 valence electrons. The SMILES string of the molecule is Cn1cc(-c2cncc(CNC(=O)COc3ccccc3)c2)cn1. The Bertz CT molecular complexity index is 815. The first-order valence-corrected chi connectivity index (χ1v) is 7.58. The number of amides is 1. The van der Waals surface area contributed by atoms with E-state index < -0.39 is 0 Å². The molecular weight excluding hydrogens is 304 g/mol. The van der Waals surface area contributed by atoms with Gasteiger partial charge >= 0.3 is 0 Å². The minimum atomic E-state index is -0.175. The molecule has 0 atom stereocenters. The maximum Gasteiger partial charge on any atom is 0.258 e. The number of ether oxygens (including phenoxy) is 1. The van der Waals surface area contributed by atoms with Gasteiger partial charge in [-0.1, -0.05) is 18.2 Å². The van der Waals surface area contributed by atoms with Crippen molar-refractivity contribution >= 4 is 5.91 Å². The molecule has 2 heterocycles. The lowest BCUT2D eigenvalue weighted by Crippen LogP contribution is -2.28. The van der Waals surface area contributed by atoms with E-state index in [1.54, 1.807) is 23.3 Å². The highest BCUT2D eigenvalue weighted by Gasteiger charge is 2.05. The largest absolute Gasteiger partial charge is 0.484 e. The summed E-state index contributed by atoms with van der Waals surface area (Å²) in [5.74, 6) is 0.499. The van der Waals surface area contributed by atoms with Gasteiger partial charge < -0.3 is 10.1 Å². The fourth-order valence-electron chi connectivity index (χ4n) is 2.23. The van der Waals surface area contributed by atoms with Crippen molar-refractivity contribution in [1.82, 2.24) is 20.1 Å². The standard InChI is InChI=1S/C18H18N4O2/c1-22-12-16(11-21-22)15-7-14(8-19-10-15)9-20-18(23)13-24-17-5-3-2-4-6-17/h2-8,10-12H,9,13H2,1H3,(H,20,23). The van der Waals surface area contributed by atoms with E-state index in [0.717, 1.165) is 16.7 Å². The molecule has 0 fully saturated rings. The maximum atomic E-state index is 11.9.